The summed E-state index contributed by atoms with van der Waals surface area (Å²) in [5, 5.41) is 26.2. The van der Waals surface area contributed by atoms with Crippen molar-refractivity contribution in [2.75, 3.05) is 6.61 Å². The van der Waals surface area contributed by atoms with Crippen molar-refractivity contribution >= 4 is 0 Å². The van der Waals surface area contributed by atoms with E-state index < -0.39 is 18.8 Å². The fourth-order valence-electron chi connectivity index (χ4n) is 0.466. The monoisotopic (exact) mass is 166 g/mol. The van der Waals surface area contributed by atoms with Gasteiger partial charge in [0.1, 0.15) is 12.2 Å². The summed E-state index contributed by atoms with van der Waals surface area (Å²) in [5.74, 6) is 6.80. The molecular formula is C9H10O3. The number of hydrogen-bond donors (Lipinski definition) is 3. The predicted molar refractivity (Wildman–Crippen MR) is 44.8 cm³/mol. The minimum absolute atomic E-state index is 0.492. The average molecular weight is 166 g/mol. The first-order chi connectivity index (χ1) is 5.72. The highest BCUT2D eigenvalue weighted by Gasteiger charge is 2.10. The Hall–Kier alpha value is -1.26. The average Bonchev–Trinajstić information content (AvgIpc) is 2.10. The molecule has 3 nitrogen and oxygen atoms in total. The van der Waals surface area contributed by atoms with Crippen LogP contribution in [0.15, 0.2) is 12.2 Å². The van der Waals surface area contributed by atoms with Gasteiger partial charge in [-0.15, -0.1) is 6.42 Å². The number of terminal acetylenes is 1. The van der Waals surface area contributed by atoms with Crippen molar-refractivity contribution in [1.29, 1.82) is 0 Å². The van der Waals surface area contributed by atoms with Gasteiger partial charge < -0.3 is 15.3 Å². The fraction of sp³-hybridized carbons (Fsp3) is 0.333. The van der Waals surface area contributed by atoms with Gasteiger partial charge in [-0.2, -0.15) is 0 Å². The van der Waals surface area contributed by atoms with Crippen LogP contribution < -0.4 is 0 Å². The Bertz CT molecular complexity index is 239. The van der Waals surface area contributed by atoms with Crippen LogP contribution in [0.2, 0.25) is 0 Å². The second-order valence-electron chi connectivity index (χ2n) is 2.01. The molecular weight excluding hydrogens is 156 g/mol. The zero-order valence-corrected chi connectivity index (χ0v) is 6.44. The molecule has 64 valence electrons. The van der Waals surface area contributed by atoms with Gasteiger partial charge in [-0.3, -0.25) is 0 Å². The minimum Gasteiger partial charge on any atom is -0.394 e. The van der Waals surface area contributed by atoms with Crippen molar-refractivity contribution < 1.29 is 15.3 Å². The van der Waals surface area contributed by atoms with E-state index in [2.05, 4.69) is 17.8 Å². The maximum atomic E-state index is 9.00. The van der Waals surface area contributed by atoms with Crippen molar-refractivity contribution in [2.24, 2.45) is 0 Å². The van der Waals surface area contributed by atoms with Crippen LogP contribution in [0.1, 0.15) is 0 Å². The van der Waals surface area contributed by atoms with Crippen LogP contribution >= 0.6 is 0 Å². The molecule has 0 spiro atoms. The lowest BCUT2D eigenvalue weighted by molar-refractivity contribution is 0.00951. The van der Waals surface area contributed by atoms with Crippen molar-refractivity contribution in [3.05, 3.63) is 12.2 Å². The highest BCUT2D eigenvalue weighted by molar-refractivity contribution is 5.28. The molecule has 0 radical (unpaired) electrons. The van der Waals surface area contributed by atoms with Crippen LogP contribution in [0, 0.1) is 24.2 Å². The largest absolute Gasteiger partial charge is 0.394 e. The first kappa shape index (κ1) is 10.7. The Kier molecular flexibility index (Phi) is 5.77. The lowest BCUT2D eigenvalue weighted by Crippen LogP contribution is -2.27. The molecule has 2 unspecified atom stereocenters. The number of aliphatic hydroxyl groups excluding tert-OH is 3. The molecule has 0 heterocycles. The van der Waals surface area contributed by atoms with Crippen molar-refractivity contribution in [2.45, 2.75) is 12.2 Å². The third-order valence-corrected chi connectivity index (χ3v) is 1.10. The maximum Gasteiger partial charge on any atom is 0.106 e. The lowest BCUT2D eigenvalue weighted by Gasteiger charge is -2.09. The van der Waals surface area contributed by atoms with Crippen molar-refractivity contribution in [3.63, 3.8) is 0 Å². The molecule has 0 aliphatic carbocycles. The van der Waals surface area contributed by atoms with E-state index in [4.69, 9.17) is 21.7 Å². The molecule has 12 heavy (non-hydrogen) atoms. The lowest BCUT2D eigenvalue weighted by atomic mass is 10.2. The summed E-state index contributed by atoms with van der Waals surface area (Å²) in [5.41, 5.74) is 0. The Morgan fingerprint density at radius 1 is 1.42 bits per heavy atom. The molecule has 0 amide bonds. The third-order valence-electron chi connectivity index (χ3n) is 1.10. The molecule has 0 bridgehead atoms. The molecule has 0 aliphatic heterocycles. The number of rotatable bonds is 3. The summed E-state index contributed by atoms with van der Waals surface area (Å²) in [6, 6.07) is 0. The van der Waals surface area contributed by atoms with Gasteiger partial charge in [-0.1, -0.05) is 5.92 Å². The first-order valence-electron chi connectivity index (χ1n) is 3.32. The van der Waals surface area contributed by atoms with E-state index in [1.54, 1.807) is 0 Å². The standard InChI is InChI=1S/C9H10O3/c1-2-3-4-5-6-8(11)9(12)7-10/h1,5-6,8-12H,7H2. The van der Waals surface area contributed by atoms with Crippen molar-refractivity contribution in [1.82, 2.24) is 0 Å². The van der Waals surface area contributed by atoms with E-state index in [-0.39, 0.29) is 0 Å². The van der Waals surface area contributed by atoms with Crippen LogP contribution in [-0.2, 0) is 0 Å². The van der Waals surface area contributed by atoms with Crippen LogP contribution in [0.4, 0.5) is 0 Å². The van der Waals surface area contributed by atoms with E-state index in [0.29, 0.717) is 0 Å². The van der Waals surface area contributed by atoms with E-state index in [1.165, 1.54) is 12.2 Å². The smallest absolute Gasteiger partial charge is 0.106 e. The SMILES string of the molecule is C#CC#CC=CC(O)C(O)CO. The molecule has 0 fully saturated rings. The number of allylic oxidation sites excluding steroid dienone is 1. The van der Waals surface area contributed by atoms with E-state index in [9.17, 15) is 0 Å². The van der Waals surface area contributed by atoms with E-state index in [1.807, 2.05) is 0 Å². The molecule has 0 aromatic rings. The highest BCUT2D eigenvalue weighted by atomic mass is 16.4. The van der Waals surface area contributed by atoms with Crippen LogP contribution in [0.25, 0.3) is 0 Å². The Morgan fingerprint density at radius 3 is 2.58 bits per heavy atom. The zero-order valence-electron chi connectivity index (χ0n) is 6.44. The van der Waals surface area contributed by atoms with Crippen LogP contribution in [-0.4, -0.2) is 34.1 Å². The van der Waals surface area contributed by atoms with E-state index >= 15 is 0 Å². The fourth-order valence-corrected chi connectivity index (χ4v) is 0.466. The molecule has 0 saturated carbocycles. The molecule has 0 aromatic carbocycles. The van der Waals surface area contributed by atoms with Gasteiger partial charge in [0.25, 0.3) is 0 Å². The van der Waals surface area contributed by atoms with Gasteiger partial charge in [-0.05, 0) is 24.0 Å². The Morgan fingerprint density at radius 2 is 2.08 bits per heavy atom. The zero-order chi connectivity index (χ0) is 9.40. The molecule has 2 atom stereocenters. The number of aliphatic hydroxyl groups is 3. The van der Waals surface area contributed by atoms with E-state index in [0.717, 1.165) is 0 Å². The Labute approximate surface area is 71.4 Å². The predicted octanol–water partition coefficient (Wildman–Crippen LogP) is -1.11. The summed E-state index contributed by atoms with van der Waals surface area (Å²) >= 11 is 0. The molecule has 0 aliphatic rings. The second kappa shape index (κ2) is 6.45. The molecule has 3 heteroatoms. The van der Waals surface area contributed by atoms with Crippen LogP contribution in [0.5, 0.6) is 0 Å². The summed E-state index contributed by atoms with van der Waals surface area (Å²) < 4.78 is 0. The van der Waals surface area contributed by atoms with Gasteiger partial charge >= 0.3 is 0 Å². The van der Waals surface area contributed by atoms with Gasteiger partial charge in [0, 0.05) is 0 Å². The highest BCUT2D eigenvalue weighted by Crippen LogP contribution is 1.93. The van der Waals surface area contributed by atoms with Gasteiger partial charge in [0.15, 0.2) is 0 Å². The quantitative estimate of drug-likeness (QED) is 0.466. The molecule has 3 N–H and O–H groups in total. The van der Waals surface area contributed by atoms with Crippen molar-refractivity contribution in [3.8, 4) is 24.2 Å². The minimum atomic E-state index is -1.17. The van der Waals surface area contributed by atoms with Gasteiger partial charge in [-0.25, -0.2) is 0 Å². The van der Waals surface area contributed by atoms with Gasteiger partial charge in [0.2, 0.25) is 0 Å². The second-order valence-corrected chi connectivity index (χ2v) is 2.01. The normalized spacial score (nSPS) is 14.5. The summed E-state index contributed by atoms with van der Waals surface area (Å²) in [6.45, 7) is -0.492. The third kappa shape index (κ3) is 4.54. The van der Waals surface area contributed by atoms with Gasteiger partial charge in [0.05, 0.1) is 6.61 Å². The summed E-state index contributed by atoms with van der Waals surface area (Å²) in [7, 11) is 0. The molecule has 0 aromatic heterocycles. The Balaban J connectivity index is 3.92. The summed E-state index contributed by atoms with van der Waals surface area (Å²) in [6.07, 6.45) is 5.12. The number of hydrogen-bond acceptors (Lipinski definition) is 3. The maximum absolute atomic E-state index is 9.00. The van der Waals surface area contributed by atoms with Crippen LogP contribution in [0.3, 0.4) is 0 Å². The summed E-state index contributed by atoms with van der Waals surface area (Å²) in [4.78, 5) is 0. The first-order valence-corrected chi connectivity index (χ1v) is 3.32. The topological polar surface area (TPSA) is 60.7 Å². The molecule has 0 rings (SSSR count). The molecule has 0 saturated heterocycles.